The average Bonchev–Trinajstić information content (AvgIpc) is 3.09. The number of amides is 1. The summed E-state index contributed by atoms with van der Waals surface area (Å²) in [4.78, 5) is 28.0. The third-order valence-electron chi connectivity index (χ3n) is 4.43. The van der Waals surface area contributed by atoms with E-state index in [-0.39, 0.29) is 23.3 Å². The lowest BCUT2D eigenvalue weighted by molar-refractivity contribution is -0.132. The molecule has 25 heavy (non-hydrogen) atoms. The number of H-pyrrole nitrogens is 1. The molecule has 1 atom stereocenters. The van der Waals surface area contributed by atoms with E-state index in [1.54, 1.807) is 24.4 Å². The number of aromatic amines is 1. The van der Waals surface area contributed by atoms with Crippen LogP contribution in [0.2, 0.25) is 0 Å². The molecule has 1 fully saturated rings. The molecule has 2 heterocycles. The molecule has 1 aliphatic heterocycles. The monoisotopic (exact) mass is 344 g/mol. The minimum absolute atomic E-state index is 0.0492. The number of pyridine rings is 1. The summed E-state index contributed by atoms with van der Waals surface area (Å²) in [7, 11) is 0. The van der Waals surface area contributed by atoms with Crippen LogP contribution < -0.4 is 10.3 Å². The molecule has 0 saturated carbocycles. The van der Waals surface area contributed by atoms with Crippen molar-refractivity contribution in [3.05, 3.63) is 64.3 Å². The molecular formula is C19H21FN2O3. The molecule has 1 aliphatic rings. The summed E-state index contributed by atoms with van der Waals surface area (Å²) in [6.07, 6.45) is 4.51. The third kappa shape index (κ3) is 4.68. The van der Waals surface area contributed by atoms with Gasteiger partial charge in [-0.2, -0.15) is 0 Å². The van der Waals surface area contributed by atoms with Crippen molar-refractivity contribution < 1.29 is 13.9 Å². The first-order valence-electron chi connectivity index (χ1n) is 8.47. The Morgan fingerprint density at radius 1 is 1.24 bits per heavy atom. The molecule has 0 aliphatic carbocycles. The summed E-state index contributed by atoms with van der Waals surface area (Å²) in [6.45, 7) is 1.15. The van der Waals surface area contributed by atoms with Crippen LogP contribution in [0.1, 0.15) is 24.8 Å². The molecule has 1 aromatic heterocycles. The van der Waals surface area contributed by atoms with Crippen LogP contribution in [-0.2, 0) is 11.2 Å². The highest BCUT2D eigenvalue weighted by Crippen LogP contribution is 2.21. The summed E-state index contributed by atoms with van der Waals surface area (Å²) in [5, 5.41) is 0. The van der Waals surface area contributed by atoms with Gasteiger partial charge in [0.25, 0.3) is 0 Å². The molecule has 1 saturated heterocycles. The molecule has 0 spiro atoms. The lowest BCUT2D eigenvalue weighted by atomic mass is 10.1. The topological polar surface area (TPSA) is 62.4 Å². The average molecular weight is 344 g/mol. The Bertz CT molecular complexity index is 752. The van der Waals surface area contributed by atoms with Crippen LogP contribution in [0.15, 0.2) is 47.4 Å². The molecular weight excluding hydrogens is 323 g/mol. The van der Waals surface area contributed by atoms with Gasteiger partial charge in [0.05, 0.1) is 6.04 Å². The Morgan fingerprint density at radius 3 is 2.76 bits per heavy atom. The van der Waals surface area contributed by atoms with E-state index in [1.165, 1.54) is 18.2 Å². The SMILES string of the molecule is O=C(CCc1ccc(=O)[nH]c1)N1CCC[C@H]1COc1ccc(F)cc1. The first kappa shape index (κ1) is 17.2. The minimum atomic E-state index is -0.299. The number of aryl methyl sites for hydroxylation is 1. The summed E-state index contributed by atoms with van der Waals surface area (Å²) < 4.78 is 18.6. The molecule has 3 rings (SSSR count). The highest BCUT2D eigenvalue weighted by atomic mass is 19.1. The smallest absolute Gasteiger partial charge is 0.247 e. The van der Waals surface area contributed by atoms with Crippen LogP contribution in [0.25, 0.3) is 0 Å². The lowest BCUT2D eigenvalue weighted by Crippen LogP contribution is -2.39. The Labute approximate surface area is 145 Å². The predicted octanol–water partition coefficient (Wildman–Crippen LogP) is 2.52. The van der Waals surface area contributed by atoms with Crippen LogP contribution in [0.5, 0.6) is 5.75 Å². The molecule has 0 unspecified atom stereocenters. The number of hydrogen-bond acceptors (Lipinski definition) is 3. The normalized spacial score (nSPS) is 16.8. The van der Waals surface area contributed by atoms with Gasteiger partial charge >= 0.3 is 0 Å². The number of nitrogens with one attached hydrogen (secondary N) is 1. The van der Waals surface area contributed by atoms with Crippen molar-refractivity contribution in [1.29, 1.82) is 0 Å². The fourth-order valence-corrected chi connectivity index (χ4v) is 3.05. The highest BCUT2D eigenvalue weighted by Gasteiger charge is 2.28. The van der Waals surface area contributed by atoms with Crippen LogP contribution in [0.3, 0.4) is 0 Å². The summed E-state index contributed by atoms with van der Waals surface area (Å²) in [6, 6.07) is 9.15. The molecule has 1 N–H and O–H groups in total. The molecule has 1 amide bonds. The number of ether oxygens (including phenoxy) is 1. The van der Waals surface area contributed by atoms with Gasteiger partial charge in [-0.15, -0.1) is 0 Å². The van der Waals surface area contributed by atoms with Gasteiger partial charge in [-0.3, -0.25) is 9.59 Å². The number of likely N-dealkylation sites (tertiary alicyclic amines) is 1. The van der Waals surface area contributed by atoms with Gasteiger partial charge < -0.3 is 14.6 Å². The number of aromatic nitrogens is 1. The first-order chi connectivity index (χ1) is 12.1. The van der Waals surface area contributed by atoms with Crippen LogP contribution in [-0.4, -0.2) is 35.0 Å². The molecule has 6 heteroatoms. The number of hydrogen-bond donors (Lipinski definition) is 1. The molecule has 0 bridgehead atoms. The Morgan fingerprint density at radius 2 is 2.04 bits per heavy atom. The van der Waals surface area contributed by atoms with Crippen LogP contribution in [0, 0.1) is 5.82 Å². The molecule has 5 nitrogen and oxygen atoms in total. The van der Waals surface area contributed by atoms with Gasteiger partial charge in [0.15, 0.2) is 0 Å². The Balaban J connectivity index is 1.51. The largest absolute Gasteiger partial charge is 0.491 e. The van der Waals surface area contributed by atoms with Gasteiger partial charge in [0.1, 0.15) is 18.2 Å². The predicted molar refractivity (Wildman–Crippen MR) is 92.0 cm³/mol. The van der Waals surface area contributed by atoms with Gasteiger partial charge in [-0.25, -0.2) is 4.39 Å². The lowest BCUT2D eigenvalue weighted by Gasteiger charge is -2.25. The van der Waals surface area contributed by atoms with E-state index in [0.717, 1.165) is 24.9 Å². The number of halogens is 1. The number of nitrogens with zero attached hydrogens (tertiary/aromatic N) is 1. The standard InChI is InChI=1S/C19H21FN2O3/c20-15-5-7-17(8-6-15)25-13-16-2-1-11-22(16)19(24)10-4-14-3-9-18(23)21-12-14/h3,5-9,12,16H,1-2,4,10-11,13H2,(H,21,23)/t16-/m0/s1. The van der Waals surface area contributed by atoms with Crippen molar-refractivity contribution in [3.8, 4) is 5.75 Å². The maximum atomic E-state index is 12.9. The van der Waals surface area contributed by atoms with Crippen molar-refractivity contribution in [2.24, 2.45) is 0 Å². The third-order valence-corrected chi connectivity index (χ3v) is 4.43. The zero-order chi connectivity index (χ0) is 17.6. The molecule has 132 valence electrons. The molecule has 0 radical (unpaired) electrons. The Kier molecular flexibility index (Phi) is 5.48. The van der Waals surface area contributed by atoms with E-state index in [2.05, 4.69) is 4.98 Å². The number of carbonyl (C=O) groups is 1. The quantitative estimate of drug-likeness (QED) is 0.876. The second-order valence-corrected chi connectivity index (χ2v) is 6.21. The van der Waals surface area contributed by atoms with Gasteiger partial charge in [-0.05, 0) is 49.1 Å². The van der Waals surface area contributed by atoms with Gasteiger partial charge in [-0.1, -0.05) is 6.07 Å². The number of benzene rings is 1. The van der Waals surface area contributed by atoms with Crippen molar-refractivity contribution in [1.82, 2.24) is 9.88 Å². The molecule has 1 aromatic carbocycles. The summed E-state index contributed by atoms with van der Waals surface area (Å²) >= 11 is 0. The second kappa shape index (κ2) is 7.96. The maximum Gasteiger partial charge on any atom is 0.247 e. The zero-order valence-electron chi connectivity index (χ0n) is 13.9. The van der Waals surface area contributed by atoms with E-state index in [4.69, 9.17) is 4.74 Å². The van der Waals surface area contributed by atoms with Crippen molar-refractivity contribution >= 4 is 5.91 Å². The van der Waals surface area contributed by atoms with E-state index in [9.17, 15) is 14.0 Å². The Hall–Kier alpha value is -2.63. The maximum absolute atomic E-state index is 12.9. The molecule has 2 aromatic rings. The fraction of sp³-hybridized carbons (Fsp3) is 0.368. The van der Waals surface area contributed by atoms with E-state index >= 15 is 0 Å². The van der Waals surface area contributed by atoms with E-state index in [0.29, 0.717) is 25.2 Å². The number of rotatable bonds is 6. The minimum Gasteiger partial charge on any atom is -0.491 e. The van der Waals surface area contributed by atoms with Crippen molar-refractivity contribution in [3.63, 3.8) is 0 Å². The van der Waals surface area contributed by atoms with Crippen molar-refractivity contribution in [2.75, 3.05) is 13.2 Å². The fourth-order valence-electron chi connectivity index (χ4n) is 3.05. The second-order valence-electron chi connectivity index (χ2n) is 6.21. The van der Waals surface area contributed by atoms with E-state index < -0.39 is 0 Å². The highest BCUT2D eigenvalue weighted by molar-refractivity contribution is 5.77. The summed E-state index contributed by atoms with van der Waals surface area (Å²) in [5.41, 5.74) is 0.791. The van der Waals surface area contributed by atoms with Crippen LogP contribution >= 0.6 is 0 Å². The number of carbonyl (C=O) groups excluding carboxylic acids is 1. The van der Waals surface area contributed by atoms with Crippen LogP contribution in [0.4, 0.5) is 4.39 Å². The van der Waals surface area contributed by atoms with Gasteiger partial charge in [0, 0.05) is 25.2 Å². The van der Waals surface area contributed by atoms with E-state index in [1.807, 2.05) is 4.90 Å². The van der Waals surface area contributed by atoms with Gasteiger partial charge in [0.2, 0.25) is 11.5 Å². The first-order valence-corrected chi connectivity index (χ1v) is 8.47. The van der Waals surface area contributed by atoms with Crippen molar-refractivity contribution in [2.45, 2.75) is 31.7 Å². The zero-order valence-corrected chi connectivity index (χ0v) is 13.9. The summed E-state index contributed by atoms with van der Waals surface area (Å²) in [5.74, 6) is 0.401.